The molecule has 0 aromatic heterocycles. The van der Waals surface area contributed by atoms with Crippen LogP contribution in [-0.4, -0.2) is 11.5 Å². The van der Waals surface area contributed by atoms with Crippen molar-refractivity contribution in [3.8, 4) is 0 Å². The Bertz CT molecular complexity index is 80.5. The summed E-state index contributed by atoms with van der Waals surface area (Å²) in [7, 11) is 0. The molecule has 0 aliphatic heterocycles. The van der Waals surface area contributed by atoms with Crippen molar-refractivity contribution >= 4 is 20.8 Å². The van der Waals surface area contributed by atoms with E-state index in [-0.39, 0.29) is 4.88 Å². The summed E-state index contributed by atoms with van der Waals surface area (Å²) >= 11 is 2.64. The van der Waals surface area contributed by atoms with Crippen molar-refractivity contribution in [1.29, 1.82) is 0 Å². The zero-order chi connectivity index (χ0) is 6.57. The lowest BCUT2D eigenvalue weighted by molar-refractivity contribution is 0.162. The molecule has 0 aromatic carbocycles. The average molecular weight is 181 g/mol. The SMILES string of the molecule is CC(C)COC(=O)Br. The van der Waals surface area contributed by atoms with Crippen LogP contribution in [0.15, 0.2) is 0 Å². The second kappa shape index (κ2) is 3.89. The van der Waals surface area contributed by atoms with Crippen LogP contribution in [-0.2, 0) is 4.74 Å². The van der Waals surface area contributed by atoms with Gasteiger partial charge in [-0.15, -0.1) is 0 Å². The minimum absolute atomic E-state index is 0.383. The van der Waals surface area contributed by atoms with E-state index in [1.807, 2.05) is 13.8 Å². The van der Waals surface area contributed by atoms with E-state index in [0.29, 0.717) is 12.5 Å². The van der Waals surface area contributed by atoms with Crippen molar-refractivity contribution in [2.75, 3.05) is 6.61 Å². The number of carbonyl (C=O) groups excluding carboxylic acids is 1. The second-order valence-corrected chi connectivity index (χ2v) is 2.59. The highest BCUT2D eigenvalue weighted by Crippen LogP contribution is 1.96. The fraction of sp³-hybridized carbons (Fsp3) is 0.800. The number of hydrogen-bond acceptors (Lipinski definition) is 2. The monoisotopic (exact) mass is 180 g/mol. The van der Waals surface area contributed by atoms with E-state index in [4.69, 9.17) is 0 Å². The summed E-state index contributed by atoms with van der Waals surface area (Å²) in [6, 6.07) is 0. The lowest BCUT2D eigenvalue weighted by Crippen LogP contribution is -2.02. The van der Waals surface area contributed by atoms with Crippen molar-refractivity contribution in [3.63, 3.8) is 0 Å². The second-order valence-electron chi connectivity index (χ2n) is 1.94. The molecule has 8 heavy (non-hydrogen) atoms. The molecule has 48 valence electrons. The van der Waals surface area contributed by atoms with Crippen molar-refractivity contribution < 1.29 is 9.53 Å². The zero-order valence-corrected chi connectivity index (χ0v) is 6.56. The molecule has 0 heterocycles. The molecule has 0 fully saturated rings. The predicted octanol–water partition coefficient (Wildman–Crippen LogP) is 2.17. The van der Waals surface area contributed by atoms with Crippen LogP contribution >= 0.6 is 15.9 Å². The van der Waals surface area contributed by atoms with Gasteiger partial charge in [0.05, 0.1) is 6.61 Å². The molecule has 0 saturated heterocycles. The van der Waals surface area contributed by atoms with Crippen LogP contribution in [0.3, 0.4) is 0 Å². The van der Waals surface area contributed by atoms with Gasteiger partial charge in [-0.05, 0) is 5.92 Å². The van der Waals surface area contributed by atoms with Gasteiger partial charge in [0.15, 0.2) is 0 Å². The summed E-state index contributed by atoms with van der Waals surface area (Å²) in [5.41, 5.74) is 0. The molecular weight excluding hydrogens is 172 g/mol. The van der Waals surface area contributed by atoms with Crippen LogP contribution in [0.2, 0.25) is 0 Å². The lowest BCUT2D eigenvalue weighted by atomic mass is 10.2. The van der Waals surface area contributed by atoms with Gasteiger partial charge in [-0.3, -0.25) is 0 Å². The molecule has 0 bridgehead atoms. The largest absolute Gasteiger partial charge is 0.457 e. The van der Waals surface area contributed by atoms with Gasteiger partial charge in [0.25, 0.3) is 0 Å². The summed E-state index contributed by atoms with van der Waals surface area (Å²) in [4.78, 5) is 9.66. The van der Waals surface area contributed by atoms with Crippen LogP contribution in [0.4, 0.5) is 4.79 Å². The first-order valence-corrected chi connectivity index (χ1v) is 3.24. The van der Waals surface area contributed by atoms with E-state index in [1.54, 1.807) is 0 Å². The maximum Gasteiger partial charge on any atom is 0.374 e. The fourth-order valence-corrected chi connectivity index (χ4v) is 0.364. The highest BCUT2D eigenvalue weighted by atomic mass is 79.9. The Kier molecular flexibility index (Phi) is 3.87. The lowest BCUT2D eigenvalue weighted by Gasteiger charge is -2.01. The quantitative estimate of drug-likeness (QED) is 0.610. The molecule has 0 saturated carbocycles. The highest BCUT2D eigenvalue weighted by molar-refractivity contribution is 9.18. The topological polar surface area (TPSA) is 26.3 Å². The van der Waals surface area contributed by atoms with E-state index in [0.717, 1.165) is 0 Å². The minimum atomic E-state index is -0.383. The predicted molar refractivity (Wildman–Crippen MR) is 35.1 cm³/mol. The van der Waals surface area contributed by atoms with Gasteiger partial charge in [0, 0.05) is 15.9 Å². The first kappa shape index (κ1) is 7.95. The number of halogens is 1. The molecule has 0 spiro atoms. The normalized spacial score (nSPS) is 9.50. The van der Waals surface area contributed by atoms with Crippen LogP contribution in [0.25, 0.3) is 0 Å². The molecule has 0 amide bonds. The first-order valence-electron chi connectivity index (χ1n) is 2.45. The third-order valence-corrected chi connectivity index (χ3v) is 0.759. The number of hydrogen-bond donors (Lipinski definition) is 0. The Labute approximate surface area is 57.3 Å². The van der Waals surface area contributed by atoms with E-state index in [9.17, 15) is 4.79 Å². The molecular formula is C5H9BrO2. The van der Waals surface area contributed by atoms with Crippen molar-refractivity contribution in [1.82, 2.24) is 0 Å². The molecule has 0 atom stereocenters. The molecule has 0 N–H and O–H groups in total. The summed E-state index contributed by atoms with van der Waals surface area (Å²) in [6.45, 7) is 4.45. The van der Waals surface area contributed by atoms with Crippen LogP contribution in [0.5, 0.6) is 0 Å². The number of rotatable bonds is 2. The summed E-state index contributed by atoms with van der Waals surface area (Å²) < 4.78 is 4.58. The number of carbonyl (C=O) groups is 1. The van der Waals surface area contributed by atoms with Crippen LogP contribution < -0.4 is 0 Å². The van der Waals surface area contributed by atoms with Crippen molar-refractivity contribution in [3.05, 3.63) is 0 Å². The Hall–Kier alpha value is -0.0500. The van der Waals surface area contributed by atoms with E-state index < -0.39 is 0 Å². The summed E-state index contributed by atoms with van der Waals surface area (Å²) in [6.07, 6.45) is 0. The maximum absolute atomic E-state index is 10.0. The van der Waals surface area contributed by atoms with Crippen LogP contribution in [0.1, 0.15) is 13.8 Å². The molecule has 0 aliphatic rings. The molecule has 0 aromatic rings. The highest BCUT2D eigenvalue weighted by Gasteiger charge is 1.96. The van der Waals surface area contributed by atoms with Gasteiger partial charge >= 0.3 is 4.88 Å². The first-order chi connectivity index (χ1) is 3.63. The smallest absolute Gasteiger partial charge is 0.374 e. The maximum atomic E-state index is 10.0. The van der Waals surface area contributed by atoms with Crippen molar-refractivity contribution in [2.24, 2.45) is 5.92 Å². The van der Waals surface area contributed by atoms with E-state index in [2.05, 4.69) is 20.7 Å². The molecule has 0 radical (unpaired) electrons. The Morgan fingerprint density at radius 2 is 2.25 bits per heavy atom. The van der Waals surface area contributed by atoms with Gasteiger partial charge < -0.3 is 4.74 Å². The summed E-state index contributed by atoms with van der Waals surface area (Å²) in [5.74, 6) is 0.413. The molecule has 0 aliphatic carbocycles. The van der Waals surface area contributed by atoms with E-state index >= 15 is 0 Å². The fourth-order valence-electron chi connectivity index (χ4n) is 0.232. The van der Waals surface area contributed by atoms with Gasteiger partial charge in [-0.25, -0.2) is 4.79 Å². The Morgan fingerprint density at radius 1 is 1.75 bits per heavy atom. The third-order valence-electron chi connectivity index (χ3n) is 0.530. The minimum Gasteiger partial charge on any atom is -0.457 e. The van der Waals surface area contributed by atoms with Gasteiger partial charge in [0.1, 0.15) is 0 Å². The van der Waals surface area contributed by atoms with Gasteiger partial charge in [-0.1, -0.05) is 13.8 Å². The summed E-state index contributed by atoms with van der Waals surface area (Å²) in [5, 5.41) is 0. The van der Waals surface area contributed by atoms with Crippen LogP contribution in [0, 0.1) is 5.92 Å². The van der Waals surface area contributed by atoms with Gasteiger partial charge in [0.2, 0.25) is 0 Å². The standard InChI is InChI=1S/C5H9BrO2/c1-4(2)3-8-5(6)7/h4H,3H2,1-2H3. The molecule has 3 heteroatoms. The molecule has 0 rings (SSSR count). The van der Waals surface area contributed by atoms with Gasteiger partial charge in [-0.2, -0.15) is 0 Å². The Balaban J connectivity index is 3.05. The number of ether oxygens (including phenoxy) is 1. The molecule has 2 nitrogen and oxygen atoms in total. The Morgan fingerprint density at radius 3 is 2.38 bits per heavy atom. The zero-order valence-electron chi connectivity index (χ0n) is 4.98. The average Bonchev–Trinajstić information content (AvgIpc) is 1.61. The third kappa shape index (κ3) is 5.95. The van der Waals surface area contributed by atoms with E-state index in [1.165, 1.54) is 0 Å². The molecule has 0 unspecified atom stereocenters. The van der Waals surface area contributed by atoms with Crippen molar-refractivity contribution in [2.45, 2.75) is 13.8 Å².